The molecule has 2 rings (SSSR count). The molecule has 2 N–H and O–H groups in total. The fraction of sp³-hybridized carbons (Fsp3) is 0.600. The molecule has 0 aromatic heterocycles. The zero-order valence-electron chi connectivity index (χ0n) is 11.1. The lowest BCUT2D eigenvalue weighted by atomic mass is 10.1. The van der Waals surface area contributed by atoms with Gasteiger partial charge in [-0.3, -0.25) is 0 Å². The average molecular weight is 391 g/mol. The molecule has 0 saturated heterocycles. The van der Waals surface area contributed by atoms with Crippen LogP contribution in [0.5, 0.6) is 5.75 Å². The molecule has 0 aliphatic heterocycles. The minimum absolute atomic E-state index is 0.357. The number of benzene rings is 1. The van der Waals surface area contributed by atoms with Crippen molar-refractivity contribution in [2.24, 2.45) is 5.73 Å². The average Bonchev–Trinajstić information content (AvgIpc) is 2.63. The van der Waals surface area contributed by atoms with Crippen LogP contribution in [0.15, 0.2) is 21.1 Å². The fourth-order valence-electron chi connectivity index (χ4n) is 2.56. The van der Waals surface area contributed by atoms with Gasteiger partial charge in [0.1, 0.15) is 5.75 Å². The summed E-state index contributed by atoms with van der Waals surface area (Å²) in [5, 5.41) is 0. The molecule has 1 aromatic rings. The summed E-state index contributed by atoms with van der Waals surface area (Å²) in [4.78, 5) is 0. The van der Waals surface area contributed by atoms with Crippen LogP contribution in [-0.4, -0.2) is 12.6 Å². The molecule has 1 aromatic carbocycles. The van der Waals surface area contributed by atoms with Gasteiger partial charge in [-0.1, -0.05) is 12.8 Å². The van der Waals surface area contributed by atoms with E-state index >= 15 is 0 Å². The highest BCUT2D eigenvalue weighted by Crippen LogP contribution is 2.37. The second-order valence-corrected chi connectivity index (χ2v) is 6.87. The first kappa shape index (κ1) is 15.3. The van der Waals surface area contributed by atoms with E-state index in [4.69, 9.17) is 10.5 Å². The Morgan fingerprint density at radius 3 is 2.16 bits per heavy atom. The summed E-state index contributed by atoms with van der Waals surface area (Å²) in [5.41, 5.74) is 6.83. The normalized spacial score (nSPS) is 17.2. The van der Waals surface area contributed by atoms with E-state index in [2.05, 4.69) is 44.0 Å². The number of rotatable bonds is 4. The predicted molar refractivity (Wildman–Crippen MR) is 86.7 cm³/mol. The number of hydrogen-bond donors (Lipinski definition) is 1. The Hall–Kier alpha value is -0.0600. The molecule has 1 aliphatic rings. The van der Waals surface area contributed by atoms with Crippen LogP contribution in [-0.2, 0) is 6.42 Å². The molecule has 0 bridgehead atoms. The first-order valence-corrected chi connectivity index (χ1v) is 8.64. The van der Waals surface area contributed by atoms with Crippen molar-refractivity contribution < 1.29 is 4.74 Å². The van der Waals surface area contributed by atoms with Gasteiger partial charge in [0.05, 0.1) is 15.0 Å². The quantitative estimate of drug-likeness (QED) is 0.748. The molecular formula is C15H21Br2NO. The van der Waals surface area contributed by atoms with Crippen LogP contribution in [0, 0.1) is 0 Å². The minimum Gasteiger partial charge on any atom is -0.488 e. The van der Waals surface area contributed by atoms with Crippen molar-refractivity contribution in [1.29, 1.82) is 0 Å². The lowest BCUT2D eigenvalue weighted by molar-refractivity contribution is 0.181. The van der Waals surface area contributed by atoms with Gasteiger partial charge in [-0.25, -0.2) is 0 Å². The molecule has 0 heterocycles. The van der Waals surface area contributed by atoms with E-state index in [9.17, 15) is 0 Å². The first-order chi connectivity index (χ1) is 9.20. The molecule has 106 valence electrons. The lowest BCUT2D eigenvalue weighted by Gasteiger charge is -2.19. The van der Waals surface area contributed by atoms with Gasteiger partial charge >= 0.3 is 0 Å². The summed E-state index contributed by atoms with van der Waals surface area (Å²) < 4.78 is 8.25. The molecule has 1 fully saturated rings. The Labute approximate surface area is 132 Å². The number of ether oxygens (including phenoxy) is 1. The van der Waals surface area contributed by atoms with Crippen LogP contribution in [0.3, 0.4) is 0 Å². The zero-order chi connectivity index (χ0) is 13.7. The van der Waals surface area contributed by atoms with Crippen molar-refractivity contribution in [2.75, 3.05) is 6.54 Å². The number of halogens is 2. The molecule has 1 aliphatic carbocycles. The fourth-order valence-corrected chi connectivity index (χ4v) is 4.03. The van der Waals surface area contributed by atoms with Crippen molar-refractivity contribution >= 4 is 31.9 Å². The Morgan fingerprint density at radius 1 is 1.05 bits per heavy atom. The highest BCUT2D eigenvalue weighted by Gasteiger charge is 2.17. The summed E-state index contributed by atoms with van der Waals surface area (Å²) in [7, 11) is 0. The topological polar surface area (TPSA) is 35.2 Å². The van der Waals surface area contributed by atoms with Gasteiger partial charge in [-0.05, 0) is 88.2 Å². The minimum atomic E-state index is 0.357. The molecule has 1 saturated carbocycles. The molecule has 0 unspecified atom stereocenters. The van der Waals surface area contributed by atoms with Crippen molar-refractivity contribution in [3.05, 3.63) is 26.6 Å². The summed E-state index contributed by atoms with van der Waals surface area (Å²) in [5.74, 6) is 0.938. The maximum Gasteiger partial charge on any atom is 0.148 e. The second-order valence-electron chi connectivity index (χ2n) is 5.16. The number of nitrogens with two attached hydrogens (primary N) is 1. The molecule has 0 spiro atoms. The van der Waals surface area contributed by atoms with Crippen molar-refractivity contribution in [1.82, 2.24) is 0 Å². The maximum atomic E-state index is 6.20. The van der Waals surface area contributed by atoms with Crippen molar-refractivity contribution in [2.45, 2.75) is 51.0 Å². The molecule has 0 amide bonds. The van der Waals surface area contributed by atoms with Gasteiger partial charge in [-0.15, -0.1) is 0 Å². The Balaban J connectivity index is 2.10. The van der Waals surface area contributed by atoms with Gasteiger partial charge in [0.15, 0.2) is 0 Å². The molecule has 2 nitrogen and oxygen atoms in total. The van der Waals surface area contributed by atoms with Crippen molar-refractivity contribution in [3.63, 3.8) is 0 Å². The Bertz CT molecular complexity index is 392. The van der Waals surface area contributed by atoms with E-state index < -0.39 is 0 Å². The van der Waals surface area contributed by atoms with Crippen LogP contribution in [0.4, 0.5) is 0 Å². The standard InChI is InChI=1S/C15H21Br2NO/c16-13-9-11(7-8-18)10-14(17)15(13)19-12-5-3-1-2-4-6-12/h9-10,12H,1-8,18H2. The van der Waals surface area contributed by atoms with E-state index in [1.54, 1.807) is 0 Å². The van der Waals surface area contributed by atoms with Gasteiger partial charge < -0.3 is 10.5 Å². The summed E-state index contributed by atoms with van der Waals surface area (Å²) in [6.45, 7) is 0.668. The van der Waals surface area contributed by atoms with E-state index in [-0.39, 0.29) is 0 Å². The van der Waals surface area contributed by atoms with Gasteiger partial charge in [0, 0.05) is 0 Å². The first-order valence-electron chi connectivity index (χ1n) is 7.05. The van der Waals surface area contributed by atoms with E-state index in [1.807, 2.05) is 0 Å². The third-order valence-electron chi connectivity index (χ3n) is 3.58. The third kappa shape index (κ3) is 4.47. The number of hydrogen-bond acceptors (Lipinski definition) is 2. The lowest BCUT2D eigenvalue weighted by Crippen LogP contribution is -2.15. The van der Waals surface area contributed by atoms with Crippen LogP contribution in [0.25, 0.3) is 0 Å². The summed E-state index contributed by atoms with van der Waals surface area (Å²) >= 11 is 7.24. The van der Waals surface area contributed by atoms with Crippen molar-refractivity contribution in [3.8, 4) is 5.75 Å². The largest absolute Gasteiger partial charge is 0.488 e. The zero-order valence-corrected chi connectivity index (χ0v) is 14.3. The SMILES string of the molecule is NCCc1cc(Br)c(OC2CCCCCC2)c(Br)c1. The third-order valence-corrected chi connectivity index (χ3v) is 4.76. The van der Waals surface area contributed by atoms with Crippen LogP contribution in [0.1, 0.15) is 44.1 Å². The van der Waals surface area contributed by atoms with Gasteiger partial charge in [0.2, 0.25) is 0 Å². The predicted octanol–water partition coefficient (Wildman–Crippen LogP) is 4.81. The van der Waals surface area contributed by atoms with E-state index in [0.717, 1.165) is 21.1 Å². The van der Waals surface area contributed by atoms with E-state index in [1.165, 1.54) is 44.1 Å². The van der Waals surface area contributed by atoms with Gasteiger partial charge in [0.25, 0.3) is 0 Å². The molecule has 0 radical (unpaired) electrons. The molecule has 0 atom stereocenters. The summed E-state index contributed by atoms with van der Waals surface area (Å²) in [6, 6.07) is 4.23. The molecule has 4 heteroatoms. The van der Waals surface area contributed by atoms with Crippen LogP contribution < -0.4 is 10.5 Å². The Kier molecular flexibility index (Phi) is 6.17. The Morgan fingerprint density at radius 2 is 1.63 bits per heavy atom. The summed E-state index contributed by atoms with van der Waals surface area (Å²) in [6.07, 6.45) is 8.84. The molecule has 19 heavy (non-hydrogen) atoms. The highest BCUT2D eigenvalue weighted by molar-refractivity contribution is 9.11. The maximum absolute atomic E-state index is 6.20. The van der Waals surface area contributed by atoms with E-state index in [0.29, 0.717) is 12.6 Å². The second kappa shape index (κ2) is 7.65. The van der Waals surface area contributed by atoms with Crippen LogP contribution >= 0.6 is 31.9 Å². The smallest absolute Gasteiger partial charge is 0.148 e. The molecular weight excluding hydrogens is 370 g/mol. The van der Waals surface area contributed by atoms with Crippen LogP contribution in [0.2, 0.25) is 0 Å². The monoisotopic (exact) mass is 389 g/mol. The van der Waals surface area contributed by atoms with Gasteiger partial charge in [-0.2, -0.15) is 0 Å². The highest BCUT2D eigenvalue weighted by atomic mass is 79.9.